The number of hydrogen-bond acceptors (Lipinski definition) is 4. The van der Waals surface area contributed by atoms with Crippen LogP contribution in [0, 0.1) is 6.92 Å². The highest BCUT2D eigenvalue weighted by molar-refractivity contribution is 5.85. The minimum atomic E-state index is -0.614. The number of nitrogens with one attached hydrogen (secondary N) is 1. The molecule has 2 aliphatic rings. The van der Waals surface area contributed by atoms with Gasteiger partial charge >= 0.3 is 0 Å². The molecule has 1 aromatic rings. The van der Waals surface area contributed by atoms with Gasteiger partial charge in [0, 0.05) is 39.0 Å². The number of piperazine rings is 1. The fourth-order valence-corrected chi connectivity index (χ4v) is 3.62. The highest BCUT2D eigenvalue weighted by atomic mass is 16.5. The summed E-state index contributed by atoms with van der Waals surface area (Å²) in [5.74, 6) is 0.172. The largest absolute Gasteiger partial charge is 0.368 e. The SMILES string of the molecule is COC1(C(=O)N2CCN(c3cccc(C)c3)CC2)CCNCC1. The summed E-state index contributed by atoms with van der Waals surface area (Å²) < 4.78 is 5.68. The molecule has 0 aliphatic carbocycles. The number of methoxy groups -OCH3 is 1. The van der Waals surface area contributed by atoms with Gasteiger partial charge in [-0.1, -0.05) is 12.1 Å². The number of carbonyl (C=O) groups excluding carboxylic acids is 1. The Balaban J connectivity index is 1.63. The van der Waals surface area contributed by atoms with Crippen LogP contribution in [0.3, 0.4) is 0 Å². The Morgan fingerprint density at radius 2 is 1.87 bits per heavy atom. The lowest BCUT2D eigenvalue weighted by Crippen LogP contribution is -2.59. The van der Waals surface area contributed by atoms with Gasteiger partial charge in [-0.2, -0.15) is 0 Å². The lowest BCUT2D eigenvalue weighted by Gasteiger charge is -2.42. The molecule has 1 aromatic carbocycles. The molecule has 2 aliphatic heterocycles. The summed E-state index contributed by atoms with van der Waals surface area (Å²) in [7, 11) is 1.67. The van der Waals surface area contributed by atoms with Crippen molar-refractivity contribution >= 4 is 11.6 Å². The maximum atomic E-state index is 13.0. The summed E-state index contributed by atoms with van der Waals surface area (Å²) in [6, 6.07) is 8.56. The highest BCUT2D eigenvalue weighted by Crippen LogP contribution is 2.26. The zero-order valence-electron chi connectivity index (χ0n) is 14.2. The first-order chi connectivity index (χ1) is 11.1. The number of aryl methyl sites for hydroxylation is 1. The van der Waals surface area contributed by atoms with Crippen LogP contribution in [0.4, 0.5) is 5.69 Å². The van der Waals surface area contributed by atoms with Crippen molar-refractivity contribution in [1.82, 2.24) is 10.2 Å². The van der Waals surface area contributed by atoms with E-state index in [0.29, 0.717) is 0 Å². The molecule has 1 N–H and O–H groups in total. The Hall–Kier alpha value is -1.59. The van der Waals surface area contributed by atoms with Crippen LogP contribution in [0.2, 0.25) is 0 Å². The maximum Gasteiger partial charge on any atom is 0.255 e. The molecule has 1 amide bonds. The molecule has 0 atom stereocenters. The first-order valence-corrected chi connectivity index (χ1v) is 8.51. The van der Waals surface area contributed by atoms with Gasteiger partial charge < -0.3 is 19.9 Å². The van der Waals surface area contributed by atoms with E-state index in [0.717, 1.165) is 52.1 Å². The number of rotatable bonds is 3. The second-order valence-corrected chi connectivity index (χ2v) is 6.57. The third kappa shape index (κ3) is 3.35. The maximum absolute atomic E-state index is 13.0. The first kappa shape index (κ1) is 16.3. The first-order valence-electron chi connectivity index (χ1n) is 8.51. The van der Waals surface area contributed by atoms with Gasteiger partial charge in [0.25, 0.3) is 5.91 Å². The molecule has 0 aromatic heterocycles. The Bertz CT molecular complexity index is 547. The third-order valence-corrected chi connectivity index (χ3v) is 5.13. The number of ether oxygens (including phenoxy) is 1. The van der Waals surface area contributed by atoms with E-state index in [2.05, 4.69) is 41.4 Å². The molecule has 126 valence electrons. The summed E-state index contributed by atoms with van der Waals surface area (Å²) in [6.07, 6.45) is 1.53. The highest BCUT2D eigenvalue weighted by Gasteiger charge is 2.42. The van der Waals surface area contributed by atoms with Gasteiger partial charge in [-0.25, -0.2) is 0 Å². The molecule has 0 spiro atoms. The van der Waals surface area contributed by atoms with Crippen molar-refractivity contribution in [2.24, 2.45) is 0 Å². The fraction of sp³-hybridized carbons (Fsp3) is 0.611. The van der Waals surface area contributed by atoms with Crippen molar-refractivity contribution in [2.75, 3.05) is 51.3 Å². The number of benzene rings is 1. The quantitative estimate of drug-likeness (QED) is 0.916. The molecular weight excluding hydrogens is 290 g/mol. The van der Waals surface area contributed by atoms with Crippen LogP contribution in [-0.2, 0) is 9.53 Å². The van der Waals surface area contributed by atoms with Crippen LogP contribution in [-0.4, -0.2) is 62.8 Å². The van der Waals surface area contributed by atoms with Crippen molar-refractivity contribution in [2.45, 2.75) is 25.4 Å². The van der Waals surface area contributed by atoms with E-state index >= 15 is 0 Å². The standard InChI is InChI=1S/C18H27N3O2/c1-15-4-3-5-16(14-15)20-10-12-21(13-11-20)17(22)18(23-2)6-8-19-9-7-18/h3-5,14,19H,6-13H2,1-2H3. The van der Waals surface area contributed by atoms with Crippen molar-refractivity contribution in [1.29, 1.82) is 0 Å². The zero-order valence-corrected chi connectivity index (χ0v) is 14.2. The van der Waals surface area contributed by atoms with Crippen molar-refractivity contribution < 1.29 is 9.53 Å². The predicted molar refractivity (Wildman–Crippen MR) is 91.8 cm³/mol. The summed E-state index contributed by atoms with van der Waals surface area (Å²) in [4.78, 5) is 17.3. The minimum Gasteiger partial charge on any atom is -0.368 e. The fourth-order valence-electron chi connectivity index (χ4n) is 3.62. The molecule has 23 heavy (non-hydrogen) atoms. The topological polar surface area (TPSA) is 44.8 Å². The smallest absolute Gasteiger partial charge is 0.255 e. The second-order valence-electron chi connectivity index (χ2n) is 6.57. The lowest BCUT2D eigenvalue weighted by molar-refractivity contribution is -0.158. The van der Waals surface area contributed by atoms with E-state index < -0.39 is 5.60 Å². The van der Waals surface area contributed by atoms with E-state index in [4.69, 9.17) is 4.74 Å². The third-order valence-electron chi connectivity index (χ3n) is 5.13. The molecule has 0 saturated carbocycles. The molecule has 0 radical (unpaired) electrons. The average Bonchev–Trinajstić information content (AvgIpc) is 2.62. The van der Waals surface area contributed by atoms with Crippen LogP contribution in [0.1, 0.15) is 18.4 Å². The van der Waals surface area contributed by atoms with Crippen LogP contribution in [0.5, 0.6) is 0 Å². The number of nitrogens with zero attached hydrogens (tertiary/aromatic N) is 2. The Labute approximate surface area is 138 Å². The van der Waals surface area contributed by atoms with E-state index in [9.17, 15) is 4.79 Å². The molecule has 3 rings (SSSR count). The van der Waals surface area contributed by atoms with Gasteiger partial charge in [0.05, 0.1) is 0 Å². The monoisotopic (exact) mass is 317 g/mol. The summed E-state index contributed by atoms with van der Waals surface area (Å²) in [6.45, 7) is 7.12. The van der Waals surface area contributed by atoms with Crippen LogP contribution in [0.25, 0.3) is 0 Å². The number of amides is 1. The summed E-state index contributed by atoms with van der Waals surface area (Å²) in [5, 5.41) is 3.31. The zero-order chi connectivity index (χ0) is 16.3. The predicted octanol–water partition coefficient (Wildman–Crippen LogP) is 1.41. The lowest BCUT2D eigenvalue weighted by atomic mass is 9.90. The van der Waals surface area contributed by atoms with Crippen molar-refractivity contribution in [3.63, 3.8) is 0 Å². The summed E-state index contributed by atoms with van der Waals surface area (Å²) >= 11 is 0. The van der Waals surface area contributed by atoms with Gasteiger partial charge in [0.15, 0.2) is 0 Å². The Morgan fingerprint density at radius 3 is 2.48 bits per heavy atom. The molecule has 0 bridgehead atoms. The number of piperidine rings is 1. The number of carbonyl (C=O) groups is 1. The summed E-state index contributed by atoms with van der Waals surface area (Å²) in [5.41, 5.74) is 1.91. The van der Waals surface area contributed by atoms with E-state index in [1.807, 2.05) is 4.90 Å². The second kappa shape index (κ2) is 6.89. The van der Waals surface area contributed by atoms with Gasteiger partial charge in [-0.15, -0.1) is 0 Å². The Kier molecular flexibility index (Phi) is 4.87. The Morgan fingerprint density at radius 1 is 1.17 bits per heavy atom. The minimum absolute atomic E-state index is 0.172. The molecule has 2 saturated heterocycles. The van der Waals surface area contributed by atoms with Gasteiger partial charge in [-0.3, -0.25) is 4.79 Å². The molecular formula is C18H27N3O2. The van der Waals surface area contributed by atoms with Crippen molar-refractivity contribution in [3.8, 4) is 0 Å². The van der Waals surface area contributed by atoms with Crippen molar-refractivity contribution in [3.05, 3.63) is 29.8 Å². The van der Waals surface area contributed by atoms with E-state index in [1.165, 1.54) is 11.3 Å². The number of hydrogen-bond donors (Lipinski definition) is 1. The molecule has 2 heterocycles. The van der Waals surface area contributed by atoms with Crippen LogP contribution >= 0.6 is 0 Å². The van der Waals surface area contributed by atoms with Gasteiger partial charge in [0.2, 0.25) is 0 Å². The average molecular weight is 317 g/mol. The van der Waals surface area contributed by atoms with Gasteiger partial charge in [0.1, 0.15) is 5.60 Å². The molecule has 0 unspecified atom stereocenters. The van der Waals surface area contributed by atoms with E-state index in [-0.39, 0.29) is 5.91 Å². The normalized spacial score (nSPS) is 21.3. The number of anilines is 1. The molecule has 5 nitrogen and oxygen atoms in total. The van der Waals surface area contributed by atoms with Gasteiger partial charge in [-0.05, 0) is 50.6 Å². The van der Waals surface area contributed by atoms with Crippen LogP contribution < -0.4 is 10.2 Å². The van der Waals surface area contributed by atoms with E-state index in [1.54, 1.807) is 7.11 Å². The molecule has 2 fully saturated rings. The van der Waals surface area contributed by atoms with Crippen LogP contribution in [0.15, 0.2) is 24.3 Å². The molecule has 5 heteroatoms.